The number of benzene rings is 1. The maximum atomic E-state index is 13.0. The highest BCUT2D eigenvalue weighted by Crippen LogP contribution is 2.34. The molecule has 0 spiro atoms. The number of ether oxygens (including phenoxy) is 2. The van der Waals surface area contributed by atoms with E-state index in [4.69, 9.17) is 21.1 Å². The molecule has 2 N–H and O–H groups in total. The van der Waals surface area contributed by atoms with Crippen LogP contribution in [-0.2, 0) is 20.7 Å². The van der Waals surface area contributed by atoms with E-state index >= 15 is 0 Å². The Balaban J connectivity index is 1.46. The molecule has 1 aliphatic rings. The summed E-state index contributed by atoms with van der Waals surface area (Å²) < 4.78 is 12.0. The van der Waals surface area contributed by atoms with Crippen molar-refractivity contribution in [2.45, 2.75) is 57.8 Å². The van der Waals surface area contributed by atoms with E-state index in [9.17, 15) is 9.59 Å². The van der Waals surface area contributed by atoms with Gasteiger partial charge in [-0.15, -0.1) is 11.3 Å². The first-order valence-corrected chi connectivity index (χ1v) is 11.8. The van der Waals surface area contributed by atoms with Crippen molar-refractivity contribution >= 4 is 45.0 Å². The molecule has 8 heteroatoms. The van der Waals surface area contributed by atoms with E-state index in [1.165, 1.54) is 16.9 Å². The van der Waals surface area contributed by atoms with Crippen LogP contribution < -0.4 is 5.32 Å². The zero-order valence-corrected chi connectivity index (χ0v) is 20.1. The van der Waals surface area contributed by atoms with Crippen molar-refractivity contribution in [3.63, 3.8) is 0 Å². The Bertz CT molecular complexity index is 1120. The molecule has 0 aliphatic heterocycles. The number of nitrogens with one attached hydrogen (secondary N) is 2. The van der Waals surface area contributed by atoms with Gasteiger partial charge in [-0.25, -0.2) is 4.79 Å². The molecule has 1 aliphatic carbocycles. The van der Waals surface area contributed by atoms with Gasteiger partial charge in [0, 0.05) is 17.3 Å². The molecular formula is C24H27ClN2O4S. The van der Waals surface area contributed by atoms with Crippen molar-refractivity contribution in [3.05, 3.63) is 57.6 Å². The molecule has 4 rings (SSSR count). The highest BCUT2D eigenvalue weighted by molar-refractivity contribution is 7.22. The lowest BCUT2D eigenvalue weighted by molar-refractivity contribution is -0.167. The molecule has 0 radical (unpaired) electrons. The average molecular weight is 475 g/mol. The monoisotopic (exact) mass is 474 g/mol. The lowest BCUT2D eigenvalue weighted by Gasteiger charge is -2.25. The molecule has 1 aromatic carbocycles. The number of esters is 1. The van der Waals surface area contributed by atoms with Gasteiger partial charge in [-0.3, -0.25) is 4.79 Å². The van der Waals surface area contributed by atoms with Crippen LogP contribution in [0.15, 0.2) is 36.4 Å². The van der Waals surface area contributed by atoms with Crippen LogP contribution in [0.5, 0.6) is 0 Å². The zero-order valence-electron chi connectivity index (χ0n) is 18.5. The van der Waals surface area contributed by atoms with Crippen LogP contribution in [0.4, 0.5) is 0 Å². The molecule has 6 nitrogen and oxygen atoms in total. The molecule has 0 bridgehead atoms. The minimum absolute atomic E-state index is 0.0643. The summed E-state index contributed by atoms with van der Waals surface area (Å²) in [6.45, 7) is 7.48. The summed E-state index contributed by atoms with van der Waals surface area (Å²) in [5.74, 6) is -0.632. The first-order chi connectivity index (χ1) is 15.1. The number of carbonyl (C=O) groups excluding carboxylic acids is 2. The third-order valence-electron chi connectivity index (χ3n) is 5.48. The Morgan fingerprint density at radius 2 is 2.03 bits per heavy atom. The fourth-order valence-electron chi connectivity index (χ4n) is 4.00. The van der Waals surface area contributed by atoms with Crippen LogP contribution in [0.25, 0.3) is 10.2 Å². The fourth-order valence-corrected chi connectivity index (χ4v) is 5.12. The largest absolute Gasteiger partial charge is 0.458 e. The molecule has 0 saturated carbocycles. The van der Waals surface area contributed by atoms with Gasteiger partial charge in [0.15, 0.2) is 6.10 Å². The maximum absolute atomic E-state index is 13.0. The summed E-state index contributed by atoms with van der Waals surface area (Å²) in [6.07, 6.45) is 0.00998. The van der Waals surface area contributed by atoms with E-state index in [2.05, 4.69) is 22.4 Å². The van der Waals surface area contributed by atoms with Crippen molar-refractivity contribution in [2.75, 3.05) is 6.61 Å². The van der Waals surface area contributed by atoms with Gasteiger partial charge in [-0.05, 0) is 57.4 Å². The summed E-state index contributed by atoms with van der Waals surface area (Å²) in [4.78, 5) is 29.3. The third-order valence-corrected chi connectivity index (χ3v) is 6.68. The molecule has 2 heterocycles. The maximum Gasteiger partial charge on any atom is 0.335 e. The van der Waals surface area contributed by atoms with Crippen molar-refractivity contribution < 1.29 is 19.1 Å². The molecular weight excluding hydrogens is 448 g/mol. The lowest BCUT2D eigenvalue weighted by Crippen LogP contribution is -2.40. The number of fused-ring (bicyclic) bond motifs is 2. The SMILES string of the molecule is CC(OC[C@@H]1c2ccccc2C[C@H]1NC(=O)c1cc2cc(Cl)sc2[nH]1)C(=O)OC(C)(C)C. The van der Waals surface area contributed by atoms with E-state index < -0.39 is 17.7 Å². The van der Waals surface area contributed by atoms with Gasteiger partial charge < -0.3 is 19.8 Å². The van der Waals surface area contributed by atoms with Gasteiger partial charge in [0.2, 0.25) is 0 Å². The summed E-state index contributed by atoms with van der Waals surface area (Å²) in [5, 5.41) is 4.08. The van der Waals surface area contributed by atoms with Crippen molar-refractivity contribution in [1.82, 2.24) is 10.3 Å². The van der Waals surface area contributed by atoms with Crippen LogP contribution in [0.2, 0.25) is 4.34 Å². The Hall–Kier alpha value is -2.35. The summed E-state index contributed by atoms with van der Waals surface area (Å²) in [6, 6.07) is 11.6. The number of thiophene rings is 1. The van der Waals surface area contributed by atoms with Crippen LogP contribution in [0.1, 0.15) is 55.2 Å². The second-order valence-corrected chi connectivity index (χ2v) is 10.8. The molecule has 0 saturated heterocycles. The Morgan fingerprint density at radius 3 is 2.75 bits per heavy atom. The number of hydrogen-bond acceptors (Lipinski definition) is 5. The van der Waals surface area contributed by atoms with Gasteiger partial charge in [0.05, 0.1) is 10.9 Å². The molecule has 1 amide bonds. The van der Waals surface area contributed by atoms with E-state index in [1.807, 2.05) is 45.0 Å². The quantitative estimate of drug-likeness (QED) is 0.489. The van der Waals surface area contributed by atoms with Crippen LogP contribution in [-0.4, -0.2) is 41.2 Å². The Kier molecular flexibility index (Phi) is 6.34. The van der Waals surface area contributed by atoms with Crippen molar-refractivity contribution in [3.8, 4) is 0 Å². The Morgan fingerprint density at radius 1 is 1.28 bits per heavy atom. The number of hydrogen-bond donors (Lipinski definition) is 2. The predicted molar refractivity (Wildman–Crippen MR) is 127 cm³/mol. The van der Waals surface area contributed by atoms with Gasteiger partial charge in [0.1, 0.15) is 16.1 Å². The number of halogens is 1. The number of amides is 1. The third kappa shape index (κ3) is 5.00. The van der Waals surface area contributed by atoms with Crippen LogP contribution >= 0.6 is 22.9 Å². The summed E-state index contributed by atoms with van der Waals surface area (Å²) >= 11 is 7.44. The lowest BCUT2D eigenvalue weighted by atomic mass is 9.99. The first-order valence-electron chi connectivity index (χ1n) is 10.6. The predicted octanol–water partition coefficient (Wildman–Crippen LogP) is 5.07. The second kappa shape index (κ2) is 8.89. The molecule has 2 aromatic heterocycles. The number of aromatic nitrogens is 1. The van der Waals surface area contributed by atoms with Gasteiger partial charge >= 0.3 is 5.97 Å². The van der Waals surface area contributed by atoms with E-state index in [1.54, 1.807) is 6.92 Å². The fraction of sp³-hybridized carbons (Fsp3) is 0.417. The molecule has 0 fully saturated rings. The van der Waals surface area contributed by atoms with E-state index in [-0.39, 0.29) is 17.9 Å². The van der Waals surface area contributed by atoms with Gasteiger partial charge in [0.25, 0.3) is 5.91 Å². The highest BCUT2D eigenvalue weighted by atomic mass is 35.5. The summed E-state index contributed by atoms with van der Waals surface area (Å²) in [5.41, 5.74) is 2.24. The standard InChI is InChI=1S/C24H27ClN2O4S/c1-13(23(29)31-24(2,3)4)30-12-17-16-8-6-5-7-14(16)9-18(17)26-21(28)19-10-15-11-20(25)32-22(15)27-19/h5-8,10-11,13,17-18,27H,9,12H2,1-4H3,(H,26,28)/t13?,17-,18-/m1/s1. The highest BCUT2D eigenvalue weighted by Gasteiger charge is 2.35. The number of H-pyrrole nitrogens is 1. The smallest absolute Gasteiger partial charge is 0.335 e. The molecule has 170 valence electrons. The molecule has 1 unspecified atom stereocenters. The van der Waals surface area contributed by atoms with Gasteiger partial charge in [-0.1, -0.05) is 35.9 Å². The minimum atomic E-state index is -0.696. The summed E-state index contributed by atoms with van der Waals surface area (Å²) in [7, 11) is 0. The minimum Gasteiger partial charge on any atom is -0.458 e. The topological polar surface area (TPSA) is 80.4 Å². The van der Waals surface area contributed by atoms with Gasteiger partial charge in [-0.2, -0.15) is 0 Å². The Labute approximate surface area is 196 Å². The molecule has 3 aromatic rings. The van der Waals surface area contributed by atoms with Crippen molar-refractivity contribution in [1.29, 1.82) is 0 Å². The zero-order chi connectivity index (χ0) is 23.0. The van der Waals surface area contributed by atoms with Crippen LogP contribution in [0.3, 0.4) is 0 Å². The first kappa shape index (κ1) is 22.8. The number of carbonyl (C=O) groups is 2. The van der Waals surface area contributed by atoms with Crippen LogP contribution in [0, 0.1) is 0 Å². The second-order valence-electron chi connectivity index (χ2n) is 9.12. The van der Waals surface area contributed by atoms with E-state index in [0.29, 0.717) is 23.1 Å². The normalized spacial score (nSPS) is 19.0. The number of aromatic amines is 1. The average Bonchev–Trinajstić information content (AvgIpc) is 3.35. The van der Waals surface area contributed by atoms with Crippen molar-refractivity contribution in [2.24, 2.45) is 0 Å². The number of rotatable bonds is 6. The molecule has 32 heavy (non-hydrogen) atoms. The molecule has 3 atom stereocenters. The van der Waals surface area contributed by atoms with E-state index in [0.717, 1.165) is 15.8 Å².